The number of Topliss-reactive ketones (excluding diaryl/α,β-unsaturated/α-hetero) is 1. The van der Waals surface area contributed by atoms with Gasteiger partial charge >= 0.3 is 5.70 Å². The summed E-state index contributed by atoms with van der Waals surface area (Å²) in [7, 11) is 0. The molecule has 1 heterocycles. The van der Waals surface area contributed by atoms with Gasteiger partial charge in [-0.15, -0.1) is 0 Å². The summed E-state index contributed by atoms with van der Waals surface area (Å²) in [5, 5.41) is 15.7. The van der Waals surface area contributed by atoms with Gasteiger partial charge in [-0.2, -0.15) is 9.78 Å². The summed E-state index contributed by atoms with van der Waals surface area (Å²) in [6.45, 7) is 1.61. The monoisotopic (exact) mass is 430 g/mol. The molecule has 9 nitrogen and oxygen atoms in total. The SMILES string of the molecule is CC1=CC(/C=N/n2c(COc3ccccc3)nc3ccccc3c2=O)C(=O)C([N+](=O)[O-])=C1. The molecule has 0 spiro atoms. The second kappa shape index (κ2) is 8.76. The number of para-hydroxylation sites is 2. The number of hydrogen-bond donors (Lipinski definition) is 0. The molecule has 160 valence electrons. The van der Waals surface area contributed by atoms with Crippen LogP contribution in [0, 0.1) is 16.0 Å². The van der Waals surface area contributed by atoms with Crippen LogP contribution in [-0.4, -0.2) is 26.6 Å². The fraction of sp³-hybridized carbons (Fsp3) is 0.130. The highest BCUT2D eigenvalue weighted by Crippen LogP contribution is 2.19. The van der Waals surface area contributed by atoms with Crippen molar-refractivity contribution in [2.75, 3.05) is 0 Å². The van der Waals surface area contributed by atoms with E-state index in [1.54, 1.807) is 49.4 Å². The van der Waals surface area contributed by atoms with E-state index in [1.165, 1.54) is 12.3 Å². The summed E-state index contributed by atoms with van der Waals surface area (Å²) in [6, 6.07) is 15.8. The fourth-order valence-electron chi connectivity index (χ4n) is 3.30. The maximum Gasteiger partial charge on any atom is 0.313 e. The molecule has 0 fully saturated rings. The van der Waals surface area contributed by atoms with Crippen molar-refractivity contribution in [2.45, 2.75) is 13.5 Å². The Labute approximate surface area is 182 Å². The van der Waals surface area contributed by atoms with E-state index < -0.39 is 27.9 Å². The van der Waals surface area contributed by atoms with Crippen LogP contribution >= 0.6 is 0 Å². The number of ketones is 1. The third-order valence-electron chi connectivity index (χ3n) is 4.83. The second-order valence-electron chi connectivity index (χ2n) is 7.12. The van der Waals surface area contributed by atoms with Crippen molar-refractivity contribution in [1.82, 2.24) is 9.66 Å². The van der Waals surface area contributed by atoms with Crippen molar-refractivity contribution in [2.24, 2.45) is 11.0 Å². The van der Waals surface area contributed by atoms with Gasteiger partial charge < -0.3 is 4.74 Å². The van der Waals surface area contributed by atoms with Crippen LogP contribution in [0.1, 0.15) is 12.7 Å². The second-order valence-corrected chi connectivity index (χ2v) is 7.12. The van der Waals surface area contributed by atoms with Gasteiger partial charge in [0.25, 0.3) is 5.56 Å². The van der Waals surface area contributed by atoms with Gasteiger partial charge in [0.05, 0.1) is 21.7 Å². The molecule has 1 aliphatic rings. The quantitative estimate of drug-likeness (QED) is 0.337. The van der Waals surface area contributed by atoms with Gasteiger partial charge in [0.2, 0.25) is 5.78 Å². The predicted octanol–water partition coefficient (Wildman–Crippen LogP) is 3.12. The van der Waals surface area contributed by atoms with Crippen LogP contribution in [0.3, 0.4) is 0 Å². The predicted molar refractivity (Wildman–Crippen MR) is 118 cm³/mol. The number of rotatable bonds is 6. The average Bonchev–Trinajstić information content (AvgIpc) is 2.79. The molecule has 1 aromatic heterocycles. The first-order valence-electron chi connectivity index (χ1n) is 9.76. The molecule has 0 saturated heterocycles. The molecule has 0 amide bonds. The first-order valence-corrected chi connectivity index (χ1v) is 9.76. The Morgan fingerprint density at radius 1 is 1.16 bits per heavy atom. The minimum Gasteiger partial charge on any atom is -0.486 e. The van der Waals surface area contributed by atoms with E-state index in [0.717, 1.165) is 4.68 Å². The van der Waals surface area contributed by atoms with Gasteiger partial charge in [-0.3, -0.25) is 19.7 Å². The number of nitrogens with zero attached hydrogens (tertiary/aromatic N) is 4. The van der Waals surface area contributed by atoms with Crippen LogP contribution in [0.4, 0.5) is 0 Å². The Kier molecular flexibility index (Phi) is 5.71. The number of carbonyl (C=O) groups excluding carboxylic acids is 1. The Morgan fingerprint density at radius 2 is 1.88 bits per heavy atom. The molecule has 0 aliphatic heterocycles. The van der Waals surface area contributed by atoms with Crippen LogP contribution in [0.5, 0.6) is 5.75 Å². The first-order chi connectivity index (χ1) is 15.4. The Bertz CT molecular complexity index is 1360. The Morgan fingerprint density at radius 3 is 2.62 bits per heavy atom. The van der Waals surface area contributed by atoms with Crippen molar-refractivity contribution in [3.8, 4) is 5.75 Å². The third kappa shape index (κ3) is 4.22. The van der Waals surface area contributed by atoms with Crippen LogP contribution < -0.4 is 10.3 Å². The van der Waals surface area contributed by atoms with E-state index in [1.807, 2.05) is 18.2 Å². The van der Waals surface area contributed by atoms with Gasteiger partial charge in [-0.1, -0.05) is 36.4 Å². The lowest BCUT2D eigenvalue weighted by Crippen LogP contribution is -2.27. The Balaban J connectivity index is 1.73. The van der Waals surface area contributed by atoms with E-state index in [2.05, 4.69) is 10.1 Å². The van der Waals surface area contributed by atoms with Crippen molar-refractivity contribution >= 4 is 22.9 Å². The molecule has 2 aromatic carbocycles. The molecule has 3 aromatic rings. The van der Waals surface area contributed by atoms with Crippen molar-refractivity contribution in [3.63, 3.8) is 0 Å². The third-order valence-corrected chi connectivity index (χ3v) is 4.83. The molecular formula is C23H18N4O5. The van der Waals surface area contributed by atoms with Gasteiger partial charge in [-0.25, -0.2) is 4.98 Å². The van der Waals surface area contributed by atoms with Gasteiger partial charge in [0, 0.05) is 12.3 Å². The zero-order chi connectivity index (χ0) is 22.7. The lowest BCUT2D eigenvalue weighted by atomic mass is 9.94. The van der Waals surface area contributed by atoms with E-state index in [4.69, 9.17) is 4.74 Å². The van der Waals surface area contributed by atoms with Gasteiger partial charge in [-0.05, 0) is 36.8 Å². The summed E-state index contributed by atoms with van der Waals surface area (Å²) >= 11 is 0. The smallest absolute Gasteiger partial charge is 0.313 e. The fourth-order valence-corrected chi connectivity index (χ4v) is 3.30. The summed E-state index contributed by atoms with van der Waals surface area (Å²) in [4.78, 5) is 40.5. The van der Waals surface area contributed by atoms with Gasteiger partial charge in [0.15, 0.2) is 5.82 Å². The van der Waals surface area contributed by atoms with Gasteiger partial charge in [0.1, 0.15) is 12.4 Å². The number of benzene rings is 2. The summed E-state index contributed by atoms with van der Waals surface area (Å²) < 4.78 is 6.80. The van der Waals surface area contributed by atoms with Crippen LogP contribution in [0.25, 0.3) is 10.9 Å². The highest BCUT2D eigenvalue weighted by Gasteiger charge is 2.31. The van der Waals surface area contributed by atoms with E-state index in [0.29, 0.717) is 22.2 Å². The molecule has 0 saturated carbocycles. The zero-order valence-corrected chi connectivity index (χ0v) is 17.0. The van der Waals surface area contributed by atoms with Crippen LogP contribution in [-0.2, 0) is 11.4 Å². The number of aromatic nitrogens is 2. The molecule has 1 atom stereocenters. The van der Waals surface area contributed by atoms with Crippen LogP contribution in [0.15, 0.2) is 87.9 Å². The lowest BCUT2D eigenvalue weighted by Gasteiger charge is -2.13. The molecule has 32 heavy (non-hydrogen) atoms. The molecular weight excluding hydrogens is 412 g/mol. The summed E-state index contributed by atoms with van der Waals surface area (Å²) in [5.41, 5.74) is 0.0913. The largest absolute Gasteiger partial charge is 0.486 e. The molecule has 4 rings (SSSR count). The molecule has 1 unspecified atom stereocenters. The van der Waals surface area contributed by atoms with E-state index >= 15 is 0 Å². The number of ether oxygens (including phenoxy) is 1. The zero-order valence-electron chi connectivity index (χ0n) is 17.0. The minimum atomic E-state index is -0.971. The molecule has 0 radical (unpaired) electrons. The normalized spacial score (nSPS) is 16.2. The minimum absolute atomic E-state index is 0.0467. The maximum atomic E-state index is 13.1. The topological polar surface area (TPSA) is 117 Å². The standard InChI is InChI=1S/C23H18N4O5/c1-15-11-16(22(28)20(12-15)27(30)31)13-24-26-21(14-32-17-7-3-2-4-8-17)25-19-10-6-5-9-18(19)23(26)29/h2-13,16H,14H2,1H3/b24-13+. The van der Waals surface area contributed by atoms with Crippen molar-refractivity contribution in [3.05, 3.63) is 104 Å². The summed E-state index contributed by atoms with van der Waals surface area (Å²) in [6.07, 6.45) is 3.99. The number of allylic oxidation sites excluding steroid dienone is 4. The highest BCUT2D eigenvalue weighted by molar-refractivity contribution is 6.07. The average molecular weight is 430 g/mol. The number of nitro groups is 1. The molecule has 1 aliphatic carbocycles. The van der Waals surface area contributed by atoms with E-state index in [9.17, 15) is 19.7 Å². The molecule has 0 bridgehead atoms. The Hall–Kier alpha value is -4.40. The number of carbonyl (C=O) groups is 1. The summed E-state index contributed by atoms with van der Waals surface area (Å²) in [5.74, 6) is -0.857. The van der Waals surface area contributed by atoms with E-state index in [-0.39, 0.29) is 12.4 Å². The van der Waals surface area contributed by atoms with Crippen molar-refractivity contribution in [1.29, 1.82) is 0 Å². The highest BCUT2D eigenvalue weighted by atomic mass is 16.6. The maximum absolute atomic E-state index is 13.1. The number of fused-ring (bicyclic) bond motifs is 1. The molecule has 0 N–H and O–H groups in total. The lowest BCUT2D eigenvalue weighted by molar-refractivity contribution is -0.419. The first kappa shape index (κ1) is 20.9. The number of hydrogen-bond acceptors (Lipinski definition) is 7. The van der Waals surface area contributed by atoms with Crippen LogP contribution in [0.2, 0.25) is 0 Å². The molecule has 9 heteroatoms. The van der Waals surface area contributed by atoms with Crippen molar-refractivity contribution < 1.29 is 14.5 Å².